The van der Waals surface area contributed by atoms with Gasteiger partial charge in [0.1, 0.15) is 5.58 Å². The number of hydrogen-bond donors (Lipinski definition) is 0. The molecule has 2 atom stereocenters. The lowest BCUT2D eigenvalue weighted by molar-refractivity contribution is -0.719. The summed E-state index contributed by atoms with van der Waals surface area (Å²) in [7, 11) is -1.67. The number of allylic oxidation sites excluding steroid dienone is 1. The minimum absolute atomic E-state index is 0.168. The molecule has 0 radical (unpaired) electrons. The first-order valence-electron chi connectivity index (χ1n) is 21.0. The number of nitrogens with zero attached hydrogens (tertiary/aromatic N) is 3. The highest BCUT2D eigenvalue weighted by atomic mass is 28.3. The number of pyridine rings is 3. The predicted molar refractivity (Wildman–Crippen MR) is 231 cm³/mol. The smallest absolute Gasteiger partial charge is 0.227 e. The molecule has 1 fully saturated rings. The van der Waals surface area contributed by atoms with Gasteiger partial charge < -0.3 is 4.42 Å². The Balaban J connectivity index is 1.27. The lowest BCUT2D eigenvalue weighted by Gasteiger charge is -2.34. The molecule has 55 heavy (non-hydrogen) atoms. The van der Waals surface area contributed by atoms with Crippen LogP contribution >= 0.6 is 0 Å². The maximum Gasteiger partial charge on any atom is 0.227 e. The second-order valence-electron chi connectivity index (χ2n) is 19.5. The van der Waals surface area contributed by atoms with Crippen LogP contribution in [0.2, 0.25) is 19.6 Å². The second-order valence-corrected chi connectivity index (χ2v) is 24.5. The number of hydrogen-bond acceptors (Lipinski definition) is 2. The monoisotopic (exact) mass is 745 g/mol. The number of benzene rings is 2. The van der Waals surface area contributed by atoms with Gasteiger partial charge in [-0.3, -0.25) is 0 Å². The molecule has 282 valence electrons. The summed E-state index contributed by atoms with van der Waals surface area (Å²) in [5, 5.41) is 3.86. The van der Waals surface area contributed by atoms with Gasteiger partial charge in [-0.2, -0.15) is 9.13 Å². The van der Waals surface area contributed by atoms with Gasteiger partial charge >= 0.3 is 0 Å². The van der Waals surface area contributed by atoms with Gasteiger partial charge in [0.15, 0.2) is 24.1 Å². The van der Waals surface area contributed by atoms with Crippen molar-refractivity contribution in [3.8, 4) is 22.5 Å². The van der Waals surface area contributed by atoms with E-state index in [1.807, 2.05) is 6.92 Å². The lowest BCUT2D eigenvalue weighted by atomic mass is 9.76. The van der Waals surface area contributed by atoms with Crippen LogP contribution in [0.1, 0.15) is 117 Å². The largest absolute Gasteiger partial charge is 0.438 e. The van der Waals surface area contributed by atoms with Gasteiger partial charge in [-0.25, -0.2) is 4.98 Å². The molecule has 1 saturated carbocycles. The third-order valence-electron chi connectivity index (χ3n) is 13.1. The van der Waals surface area contributed by atoms with Crippen LogP contribution in [0.15, 0.2) is 84.1 Å². The van der Waals surface area contributed by atoms with Crippen LogP contribution in [-0.4, -0.2) is 13.1 Å². The van der Waals surface area contributed by atoms with Crippen LogP contribution in [0.3, 0.4) is 0 Å². The van der Waals surface area contributed by atoms with Crippen molar-refractivity contribution < 1.29 is 13.6 Å². The normalized spacial score (nSPS) is 19.1. The summed E-state index contributed by atoms with van der Waals surface area (Å²) in [6.07, 6.45) is 15.7. The maximum atomic E-state index is 6.52. The second kappa shape index (κ2) is 13.4. The zero-order valence-corrected chi connectivity index (χ0v) is 35.5. The quantitative estimate of drug-likeness (QED) is 0.133. The molecule has 0 N–H and O–H groups in total. The van der Waals surface area contributed by atoms with Crippen LogP contribution in [0.25, 0.3) is 50.3 Å². The molecule has 4 aromatic heterocycles. The van der Waals surface area contributed by atoms with E-state index in [-0.39, 0.29) is 11.5 Å². The van der Waals surface area contributed by atoms with Crippen LogP contribution in [0, 0.1) is 19.3 Å². The first kappa shape index (κ1) is 36.3. The first-order chi connectivity index (χ1) is 26.2. The molecule has 6 aromatic rings. The molecule has 5 heteroatoms. The molecule has 3 aliphatic rings. The van der Waals surface area contributed by atoms with E-state index in [9.17, 15) is 0 Å². The van der Waals surface area contributed by atoms with Crippen LogP contribution in [-0.2, 0) is 12.8 Å². The number of aryl methyl sites for hydroxylation is 3. The minimum Gasteiger partial charge on any atom is -0.438 e. The minimum atomic E-state index is -1.67. The van der Waals surface area contributed by atoms with Crippen LogP contribution in [0.4, 0.5) is 0 Å². The molecular formula is C50H59N3OSi+2. The van der Waals surface area contributed by atoms with E-state index >= 15 is 0 Å². The van der Waals surface area contributed by atoms with Gasteiger partial charge in [-0.1, -0.05) is 77.9 Å². The summed E-state index contributed by atoms with van der Waals surface area (Å²) >= 11 is 0. The zero-order valence-electron chi connectivity index (χ0n) is 34.5. The Morgan fingerprint density at radius 3 is 2.38 bits per heavy atom. The van der Waals surface area contributed by atoms with Gasteiger partial charge in [0.25, 0.3) is 0 Å². The molecule has 0 saturated heterocycles. The van der Waals surface area contributed by atoms with Gasteiger partial charge in [0, 0.05) is 50.8 Å². The van der Waals surface area contributed by atoms with Crippen molar-refractivity contribution in [3.05, 3.63) is 113 Å². The predicted octanol–water partition coefficient (Wildman–Crippen LogP) is 11.8. The number of aromatic nitrogens is 3. The fourth-order valence-corrected chi connectivity index (χ4v) is 12.0. The van der Waals surface area contributed by atoms with Crippen molar-refractivity contribution in [1.82, 2.24) is 4.98 Å². The Morgan fingerprint density at radius 1 is 0.836 bits per heavy atom. The van der Waals surface area contributed by atoms with Crippen LogP contribution in [0.5, 0.6) is 0 Å². The fraction of sp³-hybridized carbons (Fsp3) is 0.420. The van der Waals surface area contributed by atoms with Crippen molar-refractivity contribution in [2.24, 2.45) is 5.41 Å². The summed E-state index contributed by atoms with van der Waals surface area (Å²) in [5.41, 5.74) is 16.5. The molecule has 9 rings (SSSR count). The Hall–Kier alpha value is -4.35. The SMILES string of the molecule is C=C1CC2C(CCc3cc4oc5nc(C)ccc5c4cc3-c3cc(CC(C)(C)C)c(C)c[n+]31)c1ccccc1-c1cc(C3CCCCC3)c([Si](C)(C)C)c[n+]12. The van der Waals surface area contributed by atoms with E-state index < -0.39 is 8.07 Å². The lowest BCUT2D eigenvalue weighted by Crippen LogP contribution is -2.55. The standard InChI is InChI=1S/C50H59N3OSi/c1-31-29-52-33(3)23-44-39(37-17-13-14-18-38(37)46-27-42(34-15-11-10-12-16-34)48(30-53(44)46)55(7,8)9)22-20-35-25-47-43(40-21-19-32(2)51-49(40)54-47)26-41(35)45(52)24-36(31)28-50(4,5)6/h13-14,17-19,21,24-27,29-30,34,39,44H,3,10-12,15-16,20,22-23,28H2,1-2,4-9H3/q+2. The van der Waals surface area contributed by atoms with Crippen molar-refractivity contribution in [3.63, 3.8) is 0 Å². The van der Waals surface area contributed by atoms with Gasteiger partial charge in [-0.05, 0) is 116 Å². The molecular weight excluding hydrogens is 687 g/mol. The Labute approximate surface area is 329 Å². The number of rotatable bonds is 3. The Kier molecular flexibility index (Phi) is 8.84. The highest BCUT2D eigenvalue weighted by Crippen LogP contribution is 2.46. The summed E-state index contributed by atoms with van der Waals surface area (Å²) in [6, 6.07) is 23.8. The molecule has 0 bridgehead atoms. The first-order valence-corrected chi connectivity index (χ1v) is 24.5. The average molecular weight is 746 g/mol. The topological polar surface area (TPSA) is 33.8 Å². The van der Waals surface area contributed by atoms with Crippen molar-refractivity contribution in [2.45, 2.75) is 130 Å². The van der Waals surface area contributed by atoms with E-state index in [1.165, 1.54) is 76.9 Å². The van der Waals surface area contributed by atoms with E-state index in [0.29, 0.717) is 11.8 Å². The van der Waals surface area contributed by atoms with E-state index in [4.69, 9.17) is 16.0 Å². The molecule has 6 heterocycles. The van der Waals surface area contributed by atoms with Gasteiger partial charge in [0.05, 0.1) is 20.1 Å². The Bertz CT molecular complexity index is 2500. The number of fused-ring (bicyclic) bond motifs is 12. The van der Waals surface area contributed by atoms with Crippen molar-refractivity contribution >= 4 is 41.0 Å². The molecule has 2 unspecified atom stereocenters. The van der Waals surface area contributed by atoms with E-state index in [2.05, 4.69) is 130 Å². The van der Waals surface area contributed by atoms with Gasteiger partial charge in [-0.15, -0.1) is 0 Å². The van der Waals surface area contributed by atoms with E-state index in [0.717, 1.165) is 59.1 Å². The summed E-state index contributed by atoms with van der Waals surface area (Å²) in [4.78, 5) is 4.80. The molecule has 1 aliphatic carbocycles. The maximum absolute atomic E-state index is 6.52. The summed E-state index contributed by atoms with van der Waals surface area (Å²) < 4.78 is 11.7. The highest BCUT2D eigenvalue weighted by molar-refractivity contribution is 6.89. The molecule has 2 aliphatic heterocycles. The third kappa shape index (κ3) is 6.50. The molecule has 0 amide bonds. The highest BCUT2D eigenvalue weighted by Gasteiger charge is 2.44. The third-order valence-corrected chi connectivity index (χ3v) is 15.1. The van der Waals surface area contributed by atoms with Gasteiger partial charge in [0.2, 0.25) is 17.1 Å². The van der Waals surface area contributed by atoms with E-state index in [1.54, 1.807) is 10.8 Å². The van der Waals surface area contributed by atoms with Crippen LogP contribution < -0.4 is 14.3 Å². The van der Waals surface area contributed by atoms with Crippen molar-refractivity contribution in [2.75, 3.05) is 0 Å². The number of furan rings is 1. The van der Waals surface area contributed by atoms with Crippen molar-refractivity contribution in [1.29, 1.82) is 0 Å². The average Bonchev–Trinajstić information content (AvgIpc) is 3.49. The molecule has 2 aromatic carbocycles. The molecule has 0 spiro atoms. The fourth-order valence-electron chi connectivity index (χ4n) is 10.4. The summed E-state index contributed by atoms with van der Waals surface area (Å²) in [6.45, 7) is 24.0. The molecule has 4 nitrogen and oxygen atoms in total. The Morgan fingerprint density at radius 2 is 1.62 bits per heavy atom. The summed E-state index contributed by atoms with van der Waals surface area (Å²) in [5.74, 6) is 1.01. The zero-order chi connectivity index (χ0) is 38.4.